The summed E-state index contributed by atoms with van der Waals surface area (Å²) in [7, 11) is -1.05. The first-order valence-electron chi connectivity index (χ1n) is 5.33. The number of hydrogen-bond acceptors (Lipinski definition) is 4. The van der Waals surface area contributed by atoms with Gasteiger partial charge in [-0.1, -0.05) is 6.92 Å². The van der Waals surface area contributed by atoms with Gasteiger partial charge in [-0.2, -0.15) is 0 Å². The van der Waals surface area contributed by atoms with Crippen LogP contribution in [-0.4, -0.2) is 45.0 Å². The molecular formula is C10H16N2O4S. The number of urea groups is 1. The van der Waals surface area contributed by atoms with Crippen molar-refractivity contribution >= 4 is 28.6 Å². The highest BCUT2D eigenvalue weighted by Crippen LogP contribution is 2.23. The zero-order chi connectivity index (χ0) is 13.2. The molecule has 17 heavy (non-hydrogen) atoms. The Labute approximate surface area is 102 Å². The Morgan fingerprint density at radius 1 is 1.29 bits per heavy atom. The average Bonchev–Trinajstić information content (AvgIpc) is 2.26. The van der Waals surface area contributed by atoms with E-state index < -0.39 is 34.1 Å². The van der Waals surface area contributed by atoms with Crippen LogP contribution in [0.1, 0.15) is 20.8 Å². The topological polar surface area (TPSA) is 83.6 Å². The molecule has 4 amide bonds. The summed E-state index contributed by atoms with van der Waals surface area (Å²) < 4.78 is 11.3. The number of nitrogens with zero attached hydrogens (tertiary/aromatic N) is 1. The quantitative estimate of drug-likeness (QED) is 0.713. The van der Waals surface area contributed by atoms with Crippen LogP contribution < -0.4 is 5.32 Å². The second-order valence-electron chi connectivity index (χ2n) is 4.27. The van der Waals surface area contributed by atoms with E-state index in [9.17, 15) is 18.6 Å². The molecule has 0 aromatic heterocycles. The second-order valence-corrected chi connectivity index (χ2v) is 6.14. The molecule has 1 N–H and O–H groups in total. The minimum atomic E-state index is -1.25. The lowest BCUT2D eigenvalue weighted by atomic mass is 9.89. The molecule has 1 saturated heterocycles. The molecule has 0 bridgehead atoms. The Hall–Kier alpha value is -1.24. The van der Waals surface area contributed by atoms with E-state index in [-0.39, 0.29) is 12.3 Å². The average molecular weight is 260 g/mol. The summed E-state index contributed by atoms with van der Waals surface area (Å²) >= 11 is 0. The number of amides is 4. The van der Waals surface area contributed by atoms with E-state index >= 15 is 0 Å². The van der Waals surface area contributed by atoms with E-state index in [1.54, 1.807) is 6.92 Å². The van der Waals surface area contributed by atoms with Crippen LogP contribution >= 0.6 is 0 Å². The Morgan fingerprint density at radius 3 is 2.41 bits per heavy atom. The third-order valence-corrected chi connectivity index (χ3v) is 3.96. The van der Waals surface area contributed by atoms with Gasteiger partial charge in [0.2, 0.25) is 11.8 Å². The monoisotopic (exact) mass is 260 g/mol. The van der Waals surface area contributed by atoms with Crippen molar-refractivity contribution in [1.82, 2.24) is 10.2 Å². The number of rotatable bonds is 4. The van der Waals surface area contributed by atoms with Crippen molar-refractivity contribution in [3.63, 3.8) is 0 Å². The van der Waals surface area contributed by atoms with Crippen molar-refractivity contribution in [2.45, 2.75) is 20.8 Å². The summed E-state index contributed by atoms with van der Waals surface area (Å²) in [5.74, 6) is -0.425. The number of barbiturate groups is 1. The van der Waals surface area contributed by atoms with Gasteiger partial charge in [-0.3, -0.25) is 24.0 Å². The van der Waals surface area contributed by atoms with Crippen LogP contribution in [0.2, 0.25) is 0 Å². The van der Waals surface area contributed by atoms with Crippen LogP contribution in [0.3, 0.4) is 0 Å². The van der Waals surface area contributed by atoms with Gasteiger partial charge in [-0.05, 0) is 13.8 Å². The maximum Gasteiger partial charge on any atom is 0.330 e. The highest BCUT2D eigenvalue weighted by atomic mass is 32.2. The van der Waals surface area contributed by atoms with Gasteiger partial charge in [0.15, 0.2) is 0 Å². The minimum absolute atomic E-state index is 0.0713. The van der Waals surface area contributed by atoms with Crippen LogP contribution in [0.15, 0.2) is 0 Å². The molecule has 1 aliphatic heterocycles. The predicted octanol–water partition coefficient (Wildman–Crippen LogP) is -0.140. The Kier molecular flexibility index (Phi) is 4.03. The van der Waals surface area contributed by atoms with Gasteiger partial charge in [-0.15, -0.1) is 0 Å². The summed E-state index contributed by atoms with van der Waals surface area (Å²) in [6, 6.07) is -0.729. The molecule has 1 unspecified atom stereocenters. The van der Waals surface area contributed by atoms with Crippen LogP contribution in [0.4, 0.5) is 4.79 Å². The van der Waals surface area contributed by atoms with Crippen LogP contribution in [0, 0.1) is 5.41 Å². The number of nitrogens with one attached hydrogen (secondary N) is 1. The second kappa shape index (κ2) is 4.95. The largest absolute Gasteiger partial charge is 0.330 e. The smallest absolute Gasteiger partial charge is 0.277 e. The van der Waals surface area contributed by atoms with E-state index in [0.717, 1.165) is 4.90 Å². The first-order valence-corrected chi connectivity index (χ1v) is 6.81. The fraction of sp³-hybridized carbons (Fsp3) is 0.700. The van der Waals surface area contributed by atoms with Crippen LogP contribution in [-0.2, 0) is 20.4 Å². The fourth-order valence-corrected chi connectivity index (χ4v) is 2.06. The minimum Gasteiger partial charge on any atom is -0.277 e. The number of carbonyl (C=O) groups excluding carboxylic acids is 3. The Bertz CT molecular complexity index is 392. The summed E-state index contributed by atoms with van der Waals surface area (Å²) in [6.07, 6.45) is 0. The van der Waals surface area contributed by atoms with Gasteiger partial charge in [0.25, 0.3) is 0 Å². The molecule has 6 nitrogen and oxygen atoms in total. The van der Waals surface area contributed by atoms with Crippen molar-refractivity contribution < 1.29 is 18.6 Å². The van der Waals surface area contributed by atoms with Crippen molar-refractivity contribution in [3.8, 4) is 0 Å². The van der Waals surface area contributed by atoms with Gasteiger partial charge in [0, 0.05) is 28.9 Å². The molecule has 96 valence electrons. The van der Waals surface area contributed by atoms with Gasteiger partial charge in [0.05, 0.1) is 0 Å². The van der Waals surface area contributed by atoms with E-state index in [1.165, 1.54) is 13.8 Å². The lowest BCUT2D eigenvalue weighted by molar-refractivity contribution is -0.148. The van der Waals surface area contributed by atoms with Gasteiger partial charge < -0.3 is 0 Å². The van der Waals surface area contributed by atoms with Crippen molar-refractivity contribution in [2.75, 3.05) is 18.1 Å². The predicted molar refractivity (Wildman–Crippen MR) is 62.6 cm³/mol. The first kappa shape index (κ1) is 13.8. The summed E-state index contributed by atoms with van der Waals surface area (Å²) in [6.45, 7) is 4.76. The first-order chi connectivity index (χ1) is 7.80. The number of hydrogen-bond donors (Lipinski definition) is 1. The molecule has 0 spiro atoms. The standard InChI is InChI=1S/C10H16N2O4S/c1-4-17(16)6-5-12-8(14)10(2,3)7(13)11-9(12)15/h4-6H2,1-3H3,(H,11,13,15). The third-order valence-electron chi connectivity index (χ3n) is 2.68. The Balaban J connectivity index is 2.78. The molecule has 1 fully saturated rings. The van der Waals surface area contributed by atoms with Crippen molar-refractivity contribution in [1.29, 1.82) is 0 Å². The molecule has 1 heterocycles. The molecule has 0 aliphatic carbocycles. The molecule has 0 aromatic carbocycles. The maximum atomic E-state index is 11.9. The van der Waals surface area contributed by atoms with E-state index in [0.29, 0.717) is 5.75 Å². The van der Waals surface area contributed by atoms with E-state index in [2.05, 4.69) is 5.32 Å². The highest BCUT2D eigenvalue weighted by molar-refractivity contribution is 7.84. The molecule has 7 heteroatoms. The zero-order valence-corrected chi connectivity index (χ0v) is 10.9. The lowest BCUT2D eigenvalue weighted by Gasteiger charge is -2.34. The molecule has 1 aliphatic rings. The Morgan fingerprint density at radius 2 is 1.88 bits per heavy atom. The number of imide groups is 2. The SMILES string of the molecule is CCS(=O)CCN1C(=O)NC(=O)C(C)(C)C1=O. The van der Waals surface area contributed by atoms with Gasteiger partial charge in [0.1, 0.15) is 5.41 Å². The van der Waals surface area contributed by atoms with E-state index in [4.69, 9.17) is 0 Å². The molecule has 0 aromatic rings. The summed E-state index contributed by atoms with van der Waals surface area (Å²) in [5, 5.41) is 2.12. The van der Waals surface area contributed by atoms with Crippen LogP contribution in [0.5, 0.6) is 0 Å². The normalized spacial score (nSPS) is 21.4. The third kappa shape index (κ3) is 2.71. The lowest BCUT2D eigenvalue weighted by Crippen LogP contribution is -2.62. The van der Waals surface area contributed by atoms with Crippen LogP contribution in [0.25, 0.3) is 0 Å². The highest BCUT2D eigenvalue weighted by Gasteiger charge is 2.46. The van der Waals surface area contributed by atoms with Crippen molar-refractivity contribution in [3.05, 3.63) is 0 Å². The van der Waals surface area contributed by atoms with Crippen molar-refractivity contribution in [2.24, 2.45) is 5.41 Å². The number of carbonyl (C=O) groups is 3. The van der Waals surface area contributed by atoms with Gasteiger partial charge >= 0.3 is 6.03 Å². The fourth-order valence-electron chi connectivity index (χ4n) is 1.39. The molecule has 0 radical (unpaired) electrons. The van der Waals surface area contributed by atoms with E-state index in [1.807, 2.05) is 0 Å². The molecular weight excluding hydrogens is 244 g/mol. The molecule has 1 rings (SSSR count). The van der Waals surface area contributed by atoms with Gasteiger partial charge in [-0.25, -0.2) is 4.79 Å². The molecule has 0 saturated carbocycles. The molecule has 1 atom stereocenters. The summed E-state index contributed by atoms with van der Waals surface area (Å²) in [5.41, 5.74) is -1.25. The summed E-state index contributed by atoms with van der Waals surface area (Å²) in [4.78, 5) is 35.8. The maximum absolute atomic E-state index is 11.9. The zero-order valence-electron chi connectivity index (χ0n) is 10.1.